The predicted molar refractivity (Wildman–Crippen MR) is 158 cm³/mol. The first-order valence-electron chi connectivity index (χ1n) is 14.3. The molecule has 0 spiro atoms. The van der Waals surface area contributed by atoms with E-state index in [0.717, 1.165) is 0 Å². The number of nitrogens with two attached hydrogens (primary N) is 1. The van der Waals surface area contributed by atoms with Crippen LogP contribution in [0.1, 0.15) is 43.2 Å². The van der Waals surface area contributed by atoms with Crippen molar-refractivity contribution in [3.8, 4) is 5.75 Å². The second-order valence-corrected chi connectivity index (χ2v) is 10.4. The molecule has 1 aliphatic carbocycles. The number of allylic oxidation sites excluding steroid dienone is 2. The molecule has 5 rings (SSSR count). The Kier molecular flexibility index (Phi) is 8.80. The number of anilines is 1. The molecular formula is C34H32F2N2O6. The van der Waals surface area contributed by atoms with Crippen LogP contribution in [0.5, 0.6) is 5.75 Å². The molecule has 0 radical (unpaired) electrons. The Morgan fingerprint density at radius 2 is 1.61 bits per heavy atom. The van der Waals surface area contributed by atoms with E-state index >= 15 is 0 Å². The molecule has 1 aliphatic heterocycles. The molecule has 8 nitrogen and oxygen atoms in total. The third-order valence-corrected chi connectivity index (χ3v) is 7.87. The van der Waals surface area contributed by atoms with Crippen LogP contribution in [0.2, 0.25) is 0 Å². The highest BCUT2D eigenvalue weighted by Gasteiger charge is 2.51. The fraction of sp³-hybridized carbons (Fsp3) is 0.265. The minimum Gasteiger partial charge on any atom is -0.497 e. The number of hydrogen-bond acceptors (Lipinski definition) is 8. The molecule has 0 fully saturated rings. The van der Waals surface area contributed by atoms with E-state index in [9.17, 15) is 23.2 Å². The Morgan fingerprint density at radius 3 is 2.27 bits per heavy atom. The normalized spacial score (nSPS) is 19.9. The average Bonchev–Trinajstić information content (AvgIpc) is 3.01. The van der Waals surface area contributed by atoms with Crippen molar-refractivity contribution in [1.82, 2.24) is 0 Å². The zero-order chi connectivity index (χ0) is 31.5. The maximum Gasteiger partial charge on any atom is 0.338 e. The molecule has 3 aromatic rings. The second-order valence-electron chi connectivity index (χ2n) is 10.4. The second kappa shape index (κ2) is 12.7. The van der Waals surface area contributed by atoms with Crippen LogP contribution in [0.4, 0.5) is 14.5 Å². The van der Waals surface area contributed by atoms with E-state index in [4.69, 9.17) is 19.9 Å². The van der Waals surface area contributed by atoms with Crippen LogP contribution in [0, 0.1) is 17.6 Å². The van der Waals surface area contributed by atoms with E-state index in [2.05, 4.69) is 0 Å². The number of Topliss-reactive ketones (excluding diaryl/α,β-unsaturated/α-hetero) is 1. The van der Waals surface area contributed by atoms with Gasteiger partial charge in [0.05, 0.1) is 37.5 Å². The van der Waals surface area contributed by atoms with Gasteiger partial charge in [0.25, 0.3) is 0 Å². The van der Waals surface area contributed by atoms with Gasteiger partial charge in [-0.1, -0.05) is 30.3 Å². The van der Waals surface area contributed by atoms with E-state index in [-0.39, 0.29) is 42.3 Å². The van der Waals surface area contributed by atoms with Gasteiger partial charge in [-0.25, -0.2) is 13.6 Å². The largest absolute Gasteiger partial charge is 0.497 e. The van der Waals surface area contributed by atoms with Gasteiger partial charge in [-0.05, 0) is 73.9 Å². The molecule has 1 heterocycles. The minimum absolute atomic E-state index is 0.00886. The van der Waals surface area contributed by atoms with Crippen molar-refractivity contribution < 1.29 is 37.4 Å². The third kappa shape index (κ3) is 5.55. The van der Waals surface area contributed by atoms with Crippen LogP contribution in [0.25, 0.3) is 0 Å². The van der Waals surface area contributed by atoms with Gasteiger partial charge in [-0.15, -0.1) is 0 Å². The Labute approximate surface area is 253 Å². The molecule has 0 saturated heterocycles. The topological polar surface area (TPSA) is 108 Å². The summed E-state index contributed by atoms with van der Waals surface area (Å²) >= 11 is 0. The summed E-state index contributed by atoms with van der Waals surface area (Å²) in [7, 11) is 1.51. The fourth-order valence-corrected chi connectivity index (χ4v) is 6.02. The number of carbonyl (C=O) groups excluding carboxylic acids is 3. The maximum absolute atomic E-state index is 14.8. The summed E-state index contributed by atoms with van der Waals surface area (Å²) < 4.78 is 44.9. The molecule has 0 amide bonds. The van der Waals surface area contributed by atoms with E-state index in [0.29, 0.717) is 22.6 Å². The number of rotatable bonds is 8. The molecule has 0 saturated carbocycles. The number of benzene rings is 3. The Hall–Kier alpha value is -4.99. The summed E-state index contributed by atoms with van der Waals surface area (Å²) in [5, 5.41) is 0. The highest BCUT2D eigenvalue weighted by Crippen LogP contribution is 2.51. The third-order valence-electron chi connectivity index (χ3n) is 7.87. The molecule has 44 heavy (non-hydrogen) atoms. The first-order valence-corrected chi connectivity index (χ1v) is 14.3. The molecule has 0 aromatic heterocycles. The first kappa shape index (κ1) is 30.5. The van der Waals surface area contributed by atoms with Crippen LogP contribution < -0.4 is 15.4 Å². The molecular weight excluding hydrogens is 570 g/mol. The Morgan fingerprint density at radius 1 is 0.909 bits per heavy atom. The number of ketones is 1. The first-order chi connectivity index (χ1) is 21.2. The van der Waals surface area contributed by atoms with Gasteiger partial charge in [0, 0.05) is 17.2 Å². The summed E-state index contributed by atoms with van der Waals surface area (Å²) in [4.78, 5) is 43.4. The number of halogens is 2. The fourth-order valence-electron chi connectivity index (χ4n) is 6.02. The van der Waals surface area contributed by atoms with Gasteiger partial charge in [0.1, 0.15) is 29.1 Å². The van der Waals surface area contributed by atoms with Gasteiger partial charge >= 0.3 is 11.9 Å². The number of ether oxygens (including phenoxy) is 3. The zero-order valence-electron chi connectivity index (χ0n) is 24.5. The van der Waals surface area contributed by atoms with Gasteiger partial charge in [-0.3, -0.25) is 14.5 Å². The van der Waals surface area contributed by atoms with Crippen LogP contribution in [-0.4, -0.2) is 38.0 Å². The number of hydrogen-bond donors (Lipinski definition) is 1. The number of nitrogens with zero attached hydrogens (tertiary/aromatic N) is 1. The SMILES string of the molecule is CCOC(=O)C1=C(N)N(c2cccc(F)c2)C2=C(C(=O)[C@@H](C(=O)OCC)[C@H](c3cccc(OC)c3)C2)[C@@H]1c1ccc(F)cc1. The van der Waals surface area contributed by atoms with Crippen LogP contribution in [0.3, 0.4) is 0 Å². The Bertz CT molecular complexity index is 1670. The van der Waals surface area contributed by atoms with E-state index in [1.807, 2.05) is 0 Å². The smallest absolute Gasteiger partial charge is 0.338 e. The predicted octanol–water partition coefficient (Wildman–Crippen LogP) is 5.50. The van der Waals surface area contributed by atoms with Crippen molar-refractivity contribution >= 4 is 23.4 Å². The molecule has 228 valence electrons. The van der Waals surface area contributed by atoms with Crippen molar-refractivity contribution in [2.24, 2.45) is 11.7 Å². The van der Waals surface area contributed by atoms with Crippen LogP contribution in [-0.2, 0) is 23.9 Å². The highest BCUT2D eigenvalue weighted by molar-refractivity contribution is 6.14. The van der Waals surface area contributed by atoms with Crippen LogP contribution >= 0.6 is 0 Å². The van der Waals surface area contributed by atoms with Crippen molar-refractivity contribution in [2.75, 3.05) is 25.2 Å². The van der Waals surface area contributed by atoms with Gasteiger partial charge in [0.15, 0.2) is 5.78 Å². The zero-order valence-corrected chi connectivity index (χ0v) is 24.5. The summed E-state index contributed by atoms with van der Waals surface area (Å²) in [5.41, 5.74) is 8.44. The van der Waals surface area contributed by atoms with E-state index in [1.54, 1.807) is 44.2 Å². The lowest BCUT2D eigenvalue weighted by molar-refractivity contribution is -0.152. The molecule has 10 heteroatoms. The monoisotopic (exact) mass is 602 g/mol. The molecule has 3 atom stereocenters. The standard InChI is InChI=1S/C34H32F2N2O6/c1-4-43-33(40)28-25(20-8-6-11-24(16-20)42-3)18-26-29(31(28)39)27(19-12-14-21(35)15-13-19)30(34(41)44-5-2)32(37)38(26)23-10-7-9-22(36)17-23/h6-17,25,27-28H,4-5,18,37H2,1-3H3/t25-,27-,28-/m0/s1. The van der Waals surface area contributed by atoms with E-state index in [1.165, 1.54) is 54.5 Å². The quantitative estimate of drug-likeness (QED) is 0.266. The molecule has 0 bridgehead atoms. The summed E-state index contributed by atoms with van der Waals surface area (Å²) in [6, 6.07) is 17.9. The average molecular weight is 603 g/mol. The summed E-state index contributed by atoms with van der Waals surface area (Å²) in [6.07, 6.45) is 0.0860. The van der Waals surface area contributed by atoms with Crippen LogP contribution in [0.15, 0.2) is 95.5 Å². The molecule has 3 aromatic carbocycles. The summed E-state index contributed by atoms with van der Waals surface area (Å²) in [5.74, 6) is -5.88. The van der Waals surface area contributed by atoms with Crippen molar-refractivity contribution in [1.29, 1.82) is 0 Å². The molecule has 0 unspecified atom stereocenters. The molecule has 2 aliphatic rings. The summed E-state index contributed by atoms with van der Waals surface area (Å²) in [6.45, 7) is 3.32. The van der Waals surface area contributed by atoms with Crippen molar-refractivity contribution in [2.45, 2.75) is 32.1 Å². The lowest BCUT2D eigenvalue weighted by Gasteiger charge is -2.44. The van der Waals surface area contributed by atoms with E-state index < -0.39 is 47.1 Å². The van der Waals surface area contributed by atoms with Crippen molar-refractivity contribution in [3.63, 3.8) is 0 Å². The number of esters is 2. The minimum atomic E-state index is -1.29. The number of methoxy groups -OCH3 is 1. The Balaban J connectivity index is 1.82. The lowest BCUT2D eigenvalue weighted by Crippen LogP contribution is -2.46. The number of carbonyl (C=O) groups is 3. The van der Waals surface area contributed by atoms with Gasteiger partial charge < -0.3 is 19.9 Å². The lowest BCUT2D eigenvalue weighted by atomic mass is 9.67. The van der Waals surface area contributed by atoms with Gasteiger partial charge in [0.2, 0.25) is 0 Å². The van der Waals surface area contributed by atoms with Gasteiger partial charge in [-0.2, -0.15) is 0 Å². The van der Waals surface area contributed by atoms with Crippen molar-refractivity contribution in [3.05, 3.63) is 118 Å². The molecule has 2 N–H and O–H groups in total. The highest BCUT2D eigenvalue weighted by atomic mass is 19.1. The maximum atomic E-state index is 14.8.